The zero-order chi connectivity index (χ0) is 14.4. The molecule has 0 bridgehead atoms. The van der Waals surface area contributed by atoms with Crippen molar-refractivity contribution in [3.63, 3.8) is 0 Å². The fraction of sp³-hybridized carbons (Fsp3) is 0.333. The Morgan fingerprint density at radius 3 is 2.55 bits per heavy atom. The fourth-order valence-corrected chi connectivity index (χ4v) is 2.25. The van der Waals surface area contributed by atoms with Crippen LogP contribution in [0, 0.1) is 6.92 Å². The number of nitrogens with two attached hydrogens (primary N) is 1. The first-order valence-electron chi connectivity index (χ1n) is 7.23. The molecule has 2 N–H and O–H groups in total. The molecular formula is C18H23NO. The van der Waals surface area contributed by atoms with Crippen molar-refractivity contribution in [1.82, 2.24) is 0 Å². The molecule has 0 radical (unpaired) electrons. The van der Waals surface area contributed by atoms with Crippen LogP contribution in [0.25, 0.3) is 0 Å². The Morgan fingerprint density at radius 2 is 1.85 bits per heavy atom. The van der Waals surface area contributed by atoms with E-state index in [1.165, 1.54) is 11.1 Å². The molecule has 0 saturated heterocycles. The molecule has 0 fully saturated rings. The first kappa shape index (κ1) is 14.6. The van der Waals surface area contributed by atoms with E-state index < -0.39 is 0 Å². The topological polar surface area (TPSA) is 35.2 Å². The Balaban J connectivity index is 1.95. The summed E-state index contributed by atoms with van der Waals surface area (Å²) in [5.41, 5.74) is 10.1. The third-order valence-electron chi connectivity index (χ3n) is 3.46. The minimum atomic E-state index is 0.0525. The van der Waals surface area contributed by atoms with Gasteiger partial charge in [0.2, 0.25) is 0 Å². The Bertz CT molecular complexity index is 533. The number of benzene rings is 2. The highest BCUT2D eigenvalue weighted by molar-refractivity contribution is 5.30. The van der Waals surface area contributed by atoms with Gasteiger partial charge in [0, 0.05) is 6.04 Å². The molecule has 0 spiro atoms. The first-order valence-corrected chi connectivity index (χ1v) is 7.23. The maximum Gasteiger partial charge on any atom is 0.119 e. The van der Waals surface area contributed by atoms with Gasteiger partial charge in [-0.1, -0.05) is 42.0 Å². The molecule has 1 unspecified atom stereocenters. The van der Waals surface area contributed by atoms with E-state index in [1.54, 1.807) is 0 Å². The number of ether oxygens (including phenoxy) is 1. The molecule has 0 aromatic heterocycles. The molecule has 2 aromatic carbocycles. The van der Waals surface area contributed by atoms with E-state index in [4.69, 9.17) is 10.5 Å². The summed E-state index contributed by atoms with van der Waals surface area (Å²) in [4.78, 5) is 0. The van der Waals surface area contributed by atoms with E-state index in [0.29, 0.717) is 6.61 Å². The molecule has 0 aliphatic rings. The van der Waals surface area contributed by atoms with Gasteiger partial charge < -0.3 is 10.5 Å². The van der Waals surface area contributed by atoms with E-state index in [-0.39, 0.29) is 6.04 Å². The van der Waals surface area contributed by atoms with Gasteiger partial charge in [0.05, 0.1) is 6.61 Å². The lowest BCUT2D eigenvalue weighted by molar-refractivity contribution is 0.339. The normalized spacial score (nSPS) is 12.2. The van der Waals surface area contributed by atoms with Crippen LogP contribution in [-0.2, 0) is 6.42 Å². The summed E-state index contributed by atoms with van der Waals surface area (Å²) < 4.78 is 5.52. The van der Waals surface area contributed by atoms with Crippen LogP contribution in [0.1, 0.15) is 36.1 Å². The molecule has 0 heterocycles. The quantitative estimate of drug-likeness (QED) is 0.859. The summed E-state index contributed by atoms with van der Waals surface area (Å²) in [6, 6.07) is 16.8. The van der Waals surface area contributed by atoms with E-state index in [1.807, 2.05) is 25.1 Å². The van der Waals surface area contributed by atoms with Gasteiger partial charge >= 0.3 is 0 Å². The van der Waals surface area contributed by atoms with Crippen LogP contribution in [0.4, 0.5) is 0 Å². The lowest BCUT2D eigenvalue weighted by atomic mass is 9.99. The minimum Gasteiger partial charge on any atom is -0.494 e. The molecule has 0 aliphatic heterocycles. The van der Waals surface area contributed by atoms with Crippen LogP contribution in [0.3, 0.4) is 0 Å². The summed E-state index contributed by atoms with van der Waals surface area (Å²) >= 11 is 0. The predicted molar refractivity (Wildman–Crippen MR) is 84.0 cm³/mol. The third-order valence-corrected chi connectivity index (χ3v) is 3.46. The van der Waals surface area contributed by atoms with Gasteiger partial charge in [-0.25, -0.2) is 0 Å². The fourth-order valence-electron chi connectivity index (χ4n) is 2.25. The van der Waals surface area contributed by atoms with E-state index >= 15 is 0 Å². The van der Waals surface area contributed by atoms with Crippen LogP contribution in [0.2, 0.25) is 0 Å². The molecule has 106 valence electrons. The van der Waals surface area contributed by atoms with Crippen LogP contribution in [-0.4, -0.2) is 6.61 Å². The molecule has 2 heteroatoms. The van der Waals surface area contributed by atoms with Crippen molar-refractivity contribution in [3.05, 3.63) is 65.2 Å². The number of aryl methyl sites for hydroxylation is 2. The maximum absolute atomic E-state index is 6.28. The lowest BCUT2D eigenvalue weighted by Gasteiger charge is -2.13. The van der Waals surface area contributed by atoms with Crippen LogP contribution >= 0.6 is 0 Å². The van der Waals surface area contributed by atoms with Crippen molar-refractivity contribution in [3.8, 4) is 5.75 Å². The Labute approximate surface area is 121 Å². The van der Waals surface area contributed by atoms with Crippen molar-refractivity contribution < 1.29 is 4.74 Å². The summed E-state index contributed by atoms with van der Waals surface area (Å²) in [5, 5.41) is 0. The van der Waals surface area contributed by atoms with Crippen molar-refractivity contribution in [2.75, 3.05) is 6.61 Å². The molecule has 1 atom stereocenters. The highest BCUT2D eigenvalue weighted by atomic mass is 16.5. The monoisotopic (exact) mass is 269 g/mol. The van der Waals surface area contributed by atoms with Gasteiger partial charge in [-0.05, 0) is 49.9 Å². The molecule has 2 rings (SSSR count). The van der Waals surface area contributed by atoms with Gasteiger partial charge in [-0.2, -0.15) is 0 Å². The SMILES string of the molecule is CCOc1cccc(C(N)CCc2ccc(C)cc2)c1. The summed E-state index contributed by atoms with van der Waals surface area (Å²) in [7, 11) is 0. The predicted octanol–water partition coefficient (Wildman–Crippen LogP) is 4.03. The Hall–Kier alpha value is -1.80. The molecule has 0 amide bonds. The minimum absolute atomic E-state index is 0.0525. The molecule has 0 aliphatic carbocycles. The van der Waals surface area contributed by atoms with Gasteiger partial charge in [-0.3, -0.25) is 0 Å². The summed E-state index contributed by atoms with van der Waals surface area (Å²) in [6.07, 6.45) is 1.94. The van der Waals surface area contributed by atoms with Crippen LogP contribution in [0.15, 0.2) is 48.5 Å². The van der Waals surface area contributed by atoms with Gasteiger partial charge in [0.1, 0.15) is 5.75 Å². The van der Waals surface area contributed by atoms with Crippen LogP contribution < -0.4 is 10.5 Å². The zero-order valence-corrected chi connectivity index (χ0v) is 12.3. The van der Waals surface area contributed by atoms with E-state index in [2.05, 4.69) is 37.3 Å². The number of hydrogen-bond acceptors (Lipinski definition) is 2. The molecule has 20 heavy (non-hydrogen) atoms. The Kier molecular flexibility index (Phi) is 5.19. The molecule has 2 aromatic rings. The average molecular weight is 269 g/mol. The number of rotatable bonds is 6. The second-order valence-corrected chi connectivity index (χ2v) is 5.14. The van der Waals surface area contributed by atoms with Crippen molar-refractivity contribution in [2.24, 2.45) is 5.73 Å². The highest BCUT2D eigenvalue weighted by Gasteiger charge is 2.07. The van der Waals surface area contributed by atoms with E-state index in [0.717, 1.165) is 24.2 Å². The van der Waals surface area contributed by atoms with Crippen LogP contribution in [0.5, 0.6) is 5.75 Å². The number of hydrogen-bond donors (Lipinski definition) is 1. The lowest BCUT2D eigenvalue weighted by Crippen LogP contribution is -2.11. The third kappa shape index (κ3) is 4.10. The summed E-state index contributed by atoms with van der Waals surface area (Å²) in [6.45, 7) is 4.78. The summed E-state index contributed by atoms with van der Waals surface area (Å²) in [5.74, 6) is 0.899. The smallest absolute Gasteiger partial charge is 0.119 e. The molecular weight excluding hydrogens is 246 g/mol. The molecule has 0 saturated carbocycles. The van der Waals surface area contributed by atoms with Crippen molar-refractivity contribution >= 4 is 0 Å². The van der Waals surface area contributed by atoms with Gasteiger partial charge in [0.15, 0.2) is 0 Å². The average Bonchev–Trinajstić information content (AvgIpc) is 2.47. The maximum atomic E-state index is 6.28. The highest BCUT2D eigenvalue weighted by Crippen LogP contribution is 2.21. The largest absolute Gasteiger partial charge is 0.494 e. The zero-order valence-electron chi connectivity index (χ0n) is 12.3. The standard InChI is InChI=1S/C18H23NO/c1-3-20-17-6-4-5-16(13-17)18(19)12-11-15-9-7-14(2)8-10-15/h4-10,13,18H,3,11-12,19H2,1-2H3. The second-order valence-electron chi connectivity index (χ2n) is 5.14. The Morgan fingerprint density at radius 1 is 1.10 bits per heavy atom. The first-order chi connectivity index (χ1) is 9.69. The van der Waals surface area contributed by atoms with Crippen molar-refractivity contribution in [2.45, 2.75) is 32.7 Å². The van der Waals surface area contributed by atoms with Gasteiger partial charge in [-0.15, -0.1) is 0 Å². The van der Waals surface area contributed by atoms with E-state index in [9.17, 15) is 0 Å². The second kappa shape index (κ2) is 7.11. The molecule has 2 nitrogen and oxygen atoms in total. The van der Waals surface area contributed by atoms with Crippen molar-refractivity contribution in [1.29, 1.82) is 0 Å². The van der Waals surface area contributed by atoms with Gasteiger partial charge in [0.25, 0.3) is 0 Å².